The van der Waals surface area contributed by atoms with Crippen LogP contribution in [0.1, 0.15) is 24.0 Å². The summed E-state index contributed by atoms with van der Waals surface area (Å²) in [6.07, 6.45) is 1.69. The summed E-state index contributed by atoms with van der Waals surface area (Å²) in [6, 6.07) is 3.81. The van der Waals surface area contributed by atoms with Crippen LogP contribution in [0.5, 0.6) is 5.75 Å². The first-order chi connectivity index (χ1) is 9.11. The van der Waals surface area contributed by atoms with Gasteiger partial charge in [-0.15, -0.1) is 0 Å². The van der Waals surface area contributed by atoms with Crippen LogP contribution in [0, 0.1) is 19.8 Å². The number of benzene rings is 1. The zero-order chi connectivity index (χ0) is 13.8. The molecule has 0 spiro atoms. The van der Waals surface area contributed by atoms with Gasteiger partial charge in [0.2, 0.25) is 5.91 Å². The summed E-state index contributed by atoms with van der Waals surface area (Å²) in [4.78, 5) is 12.0. The highest BCUT2D eigenvalue weighted by molar-refractivity contribution is 5.92. The van der Waals surface area contributed by atoms with E-state index in [0.717, 1.165) is 42.1 Å². The van der Waals surface area contributed by atoms with E-state index in [9.17, 15) is 4.79 Å². The zero-order valence-corrected chi connectivity index (χ0v) is 11.9. The quantitative estimate of drug-likeness (QED) is 0.875. The molecule has 1 aromatic carbocycles. The minimum atomic E-state index is 0.0985. The predicted octanol–water partition coefficient (Wildman–Crippen LogP) is 2.25. The summed E-state index contributed by atoms with van der Waals surface area (Å²) in [6.45, 7) is 5.99. The Kier molecular flexibility index (Phi) is 4.43. The minimum absolute atomic E-state index is 0.0985. The number of methoxy groups -OCH3 is 1. The molecule has 1 aliphatic rings. The second kappa shape index (κ2) is 6.06. The molecule has 4 heteroatoms. The minimum Gasteiger partial charge on any atom is -0.496 e. The Morgan fingerprint density at radius 1 is 1.42 bits per heavy atom. The summed E-state index contributed by atoms with van der Waals surface area (Å²) in [5.41, 5.74) is 3.02. The molecule has 0 aromatic heterocycles. The van der Waals surface area contributed by atoms with E-state index in [1.807, 2.05) is 26.0 Å². The molecule has 1 aliphatic heterocycles. The molecule has 19 heavy (non-hydrogen) atoms. The second-order valence-corrected chi connectivity index (χ2v) is 5.18. The fraction of sp³-hybridized carbons (Fsp3) is 0.533. The average molecular weight is 262 g/mol. The summed E-state index contributed by atoms with van der Waals surface area (Å²) >= 11 is 0. The molecule has 4 nitrogen and oxygen atoms in total. The predicted molar refractivity (Wildman–Crippen MR) is 76.7 cm³/mol. The fourth-order valence-corrected chi connectivity index (χ4v) is 2.50. The highest BCUT2D eigenvalue weighted by atomic mass is 16.5. The Balaban J connectivity index is 2.02. The first-order valence-corrected chi connectivity index (χ1v) is 6.76. The largest absolute Gasteiger partial charge is 0.496 e. The summed E-state index contributed by atoms with van der Waals surface area (Å²) in [7, 11) is 1.66. The van der Waals surface area contributed by atoms with Crippen molar-refractivity contribution in [3.8, 4) is 5.75 Å². The van der Waals surface area contributed by atoms with Crippen LogP contribution in [0.25, 0.3) is 0 Å². The smallest absolute Gasteiger partial charge is 0.224 e. The Morgan fingerprint density at radius 3 is 2.84 bits per heavy atom. The highest BCUT2D eigenvalue weighted by Crippen LogP contribution is 2.27. The van der Waals surface area contributed by atoms with E-state index in [1.165, 1.54) is 0 Å². The number of carbonyl (C=O) groups is 1. The van der Waals surface area contributed by atoms with Crippen molar-refractivity contribution in [3.63, 3.8) is 0 Å². The van der Waals surface area contributed by atoms with Gasteiger partial charge >= 0.3 is 0 Å². The number of rotatable bonds is 4. The fourth-order valence-electron chi connectivity index (χ4n) is 2.50. The maximum atomic E-state index is 12.0. The number of amides is 1. The average Bonchev–Trinajstić information content (AvgIpc) is 2.88. The van der Waals surface area contributed by atoms with E-state index >= 15 is 0 Å². The van der Waals surface area contributed by atoms with E-state index < -0.39 is 0 Å². The van der Waals surface area contributed by atoms with Gasteiger partial charge in [-0.1, -0.05) is 0 Å². The molecule has 0 bridgehead atoms. The third kappa shape index (κ3) is 3.26. The van der Waals surface area contributed by atoms with Crippen LogP contribution >= 0.6 is 0 Å². The van der Waals surface area contributed by atoms with Crippen molar-refractivity contribution < 1.29 is 9.53 Å². The number of hydrogen-bond acceptors (Lipinski definition) is 3. The molecule has 1 atom stereocenters. The van der Waals surface area contributed by atoms with Crippen LogP contribution in [0.2, 0.25) is 0 Å². The van der Waals surface area contributed by atoms with Crippen molar-refractivity contribution in [3.05, 3.63) is 23.3 Å². The van der Waals surface area contributed by atoms with Gasteiger partial charge in [-0.2, -0.15) is 0 Å². The highest BCUT2D eigenvalue weighted by Gasteiger charge is 2.18. The van der Waals surface area contributed by atoms with E-state index in [0.29, 0.717) is 12.3 Å². The lowest BCUT2D eigenvalue weighted by Crippen LogP contribution is -2.19. The van der Waals surface area contributed by atoms with Crippen LogP contribution in [0.4, 0.5) is 5.69 Å². The lowest BCUT2D eigenvalue weighted by atomic mass is 10.0. The molecular formula is C15H22N2O2. The standard InChI is InChI=1S/C15H22N2O2/c1-10-11(2)14(19-3)5-4-13(10)17-15(18)8-12-6-7-16-9-12/h4-5,12,16H,6-9H2,1-3H3,(H,17,18). The maximum Gasteiger partial charge on any atom is 0.224 e. The molecule has 1 fully saturated rings. The Hall–Kier alpha value is -1.55. The lowest BCUT2D eigenvalue weighted by molar-refractivity contribution is -0.116. The van der Waals surface area contributed by atoms with Gasteiger partial charge in [0.15, 0.2) is 0 Å². The van der Waals surface area contributed by atoms with E-state index in [4.69, 9.17) is 4.74 Å². The van der Waals surface area contributed by atoms with Crippen molar-refractivity contribution in [1.29, 1.82) is 0 Å². The first-order valence-electron chi connectivity index (χ1n) is 6.76. The third-order valence-electron chi connectivity index (χ3n) is 3.87. The Bertz CT molecular complexity index is 465. The molecule has 0 radical (unpaired) electrons. The molecule has 0 saturated carbocycles. The lowest BCUT2D eigenvalue weighted by Gasteiger charge is -2.14. The van der Waals surface area contributed by atoms with Gasteiger partial charge < -0.3 is 15.4 Å². The summed E-state index contributed by atoms with van der Waals surface area (Å²) in [5, 5.41) is 6.29. The van der Waals surface area contributed by atoms with Crippen molar-refractivity contribution >= 4 is 11.6 Å². The Labute approximate surface area is 114 Å². The van der Waals surface area contributed by atoms with Gasteiger partial charge in [0.1, 0.15) is 5.75 Å². The van der Waals surface area contributed by atoms with E-state index in [-0.39, 0.29) is 5.91 Å². The summed E-state index contributed by atoms with van der Waals surface area (Å²) in [5.74, 6) is 1.43. The Morgan fingerprint density at radius 2 is 2.21 bits per heavy atom. The molecule has 104 valence electrons. The van der Waals surface area contributed by atoms with Gasteiger partial charge in [0, 0.05) is 12.1 Å². The number of carbonyl (C=O) groups excluding carboxylic acids is 1. The first kappa shape index (κ1) is 13.9. The molecule has 1 saturated heterocycles. The van der Waals surface area contributed by atoms with Crippen LogP contribution < -0.4 is 15.4 Å². The van der Waals surface area contributed by atoms with Gasteiger partial charge in [-0.25, -0.2) is 0 Å². The van der Waals surface area contributed by atoms with Crippen molar-refractivity contribution in [2.75, 3.05) is 25.5 Å². The topological polar surface area (TPSA) is 50.4 Å². The molecule has 1 heterocycles. The second-order valence-electron chi connectivity index (χ2n) is 5.18. The number of hydrogen-bond donors (Lipinski definition) is 2. The van der Waals surface area contributed by atoms with Gasteiger partial charge in [0.25, 0.3) is 0 Å². The third-order valence-corrected chi connectivity index (χ3v) is 3.87. The van der Waals surface area contributed by atoms with Crippen molar-refractivity contribution in [1.82, 2.24) is 5.32 Å². The molecule has 2 rings (SSSR count). The van der Waals surface area contributed by atoms with Crippen LogP contribution in [0.15, 0.2) is 12.1 Å². The number of anilines is 1. The van der Waals surface area contributed by atoms with Gasteiger partial charge in [0.05, 0.1) is 7.11 Å². The molecule has 1 amide bonds. The molecule has 2 N–H and O–H groups in total. The van der Waals surface area contributed by atoms with Gasteiger partial charge in [-0.3, -0.25) is 4.79 Å². The van der Waals surface area contributed by atoms with Crippen molar-refractivity contribution in [2.24, 2.45) is 5.92 Å². The van der Waals surface area contributed by atoms with Gasteiger partial charge in [-0.05, 0) is 62.5 Å². The normalized spacial score (nSPS) is 18.4. The summed E-state index contributed by atoms with van der Waals surface area (Å²) < 4.78 is 5.27. The SMILES string of the molecule is COc1ccc(NC(=O)CC2CCNC2)c(C)c1C. The zero-order valence-electron chi connectivity index (χ0n) is 11.9. The molecule has 0 aliphatic carbocycles. The molecule has 1 aromatic rings. The van der Waals surface area contributed by atoms with Crippen LogP contribution in [-0.2, 0) is 4.79 Å². The number of ether oxygens (including phenoxy) is 1. The molecule has 1 unspecified atom stereocenters. The van der Waals surface area contributed by atoms with E-state index in [1.54, 1.807) is 7.11 Å². The maximum absolute atomic E-state index is 12.0. The monoisotopic (exact) mass is 262 g/mol. The van der Waals surface area contributed by atoms with E-state index in [2.05, 4.69) is 10.6 Å². The van der Waals surface area contributed by atoms with Crippen LogP contribution in [-0.4, -0.2) is 26.1 Å². The van der Waals surface area contributed by atoms with Crippen molar-refractivity contribution in [2.45, 2.75) is 26.7 Å². The van der Waals surface area contributed by atoms with Crippen LogP contribution in [0.3, 0.4) is 0 Å². The number of nitrogens with one attached hydrogen (secondary N) is 2. The molecular weight excluding hydrogens is 240 g/mol.